The first-order valence-electron chi connectivity index (χ1n) is 7.08. The molecule has 0 fully saturated rings. The standard InChI is InChI=1S/C15H20F3N3O2/c1-9(10(2)20-8-13(22)21-14(23)19-3)11-6-4-5-7-12(11)15(16,17)18/h4-7,9-10,20H,8H2,1-3H3,(H2,19,21,22,23)/t9-,10-/m0/s1. The molecule has 2 atom stereocenters. The van der Waals surface area contributed by atoms with Gasteiger partial charge in [0.25, 0.3) is 0 Å². The first kappa shape index (κ1) is 19.0. The lowest BCUT2D eigenvalue weighted by molar-refractivity contribution is -0.138. The number of hydrogen-bond acceptors (Lipinski definition) is 3. The Labute approximate surface area is 132 Å². The summed E-state index contributed by atoms with van der Waals surface area (Å²) in [6, 6.07) is 4.32. The molecule has 0 bridgehead atoms. The number of hydrogen-bond donors (Lipinski definition) is 3. The van der Waals surface area contributed by atoms with Gasteiger partial charge in [0, 0.05) is 13.1 Å². The van der Waals surface area contributed by atoms with E-state index in [2.05, 4.69) is 16.0 Å². The van der Waals surface area contributed by atoms with E-state index >= 15 is 0 Å². The molecule has 0 radical (unpaired) electrons. The van der Waals surface area contributed by atoms with Crippen LogP contribution in [0.4, 0.5) is 18.0 Å². The number of amides is 3. The van der Waals surface area contributed by atoms with Gasteiger partial charge < -0.3 is 10.6 Å². The highest BCUT2D eigenvalue weighted by molar-refractivity contribution is 5.95. The first-order valence-corrected chi connectivity index (χ1v) is 7.08. The Morgan fingerprint density at radius 1 is 1.17 bits per heavy atom. The maximum absolute atomic E-state index is 13.0. The largest absolute Gasteiger partial charge is 0.416 e. The van der Waals surface area contributed by atoms with E-state index in [-0.39, 0.29) is 12.1 Å². The molecule has 8 heteroatoms. The third kappa shape index (κ3) is 5.55. The molecule has 0 unspecified atom stereocenters. The van der Waals surface area contributed by atoms with Gasteiger partial charge in [0.15, 0.2) is 0 Å². The van der Waals surface area contributed by atoms with Crippen LogP contribution in [0.5, 0.6) is 0 Å². The van der Waals surface area contributed by atoms with Crippen LogP contribution in [0.1, 0.15) is 30.9 Å². The number of imide groups is 1. The van der Waals surface area contributed by atoms with Crippen LogP contribution in [0.2, 0.25) is 0 Å². The zero-order chi connectivity index (χ0) is 17.6. The SMILES string of the molecule is CNC(=O)NC(=O)CN[C@@H](C)[C@H](C)c1ccccc1C(F)(F)F. The van der Waals surface area contributed by atoms with Crippen molar-refractivity contribution in [3.63, 3.8) is 0 Å². The fourth-order valence-electron chi connectivity index (χ4n) is 2.09. The molecule has 0 saturated heterocycles. The van der Waals surface area contributed by atoms with Crippen LogP contribution in [0.15, 0.2) is 24.3 Å². The minimum atomic E-state index is -4.43. The number of carbonyl (C=O) groups excluding carboxylic acids is 2. The van der Waals surface area contributed by atoms with Gasteiger partial charge in [-0.1, -0.05) is 25.1 Å². The summed E-state index contributed by atoms with van der Waals surface area (Å²) in [5, 5.41) is 7.13. The summed E-state index contributed by atoms with van der Waals surface area (Å²) in [5.74, 6) is -1.03. The Hall–Kier alpha value is -2.09. The second-order valence-electron chi connectivity index (χ2n) is 5.17. The van der Waals surface area contributed by atoms with Crippen LogP contribution in [-0.2, 0) is 11.0 Å². The second kappa shape index (κ2) is 7.96. The molecule has 1 rings (SSSR count). The zero-order valence-corrected chi connectivity index (χ0v) is 13.1. The van der Waals surface area contributed by atoms with Crippen LogP contribution >= 0.6 is 0 Å². The van der Waals surface area contributed by atoms with E-state index in [4.69, 9.17) is 0 Å². The van der Waals surface area contributed by atoms with Crippen molar-refractivity contribution >= 4 is 11.9 Å². The predicted molar refractivity (Wildman–Crippen MR) is 79.9 cm³/mol. The molecule has 0 aliphatic carbocycles. The number of urea groups is 1. The molecule has 0 aromatic heterocycles. The Balaban J connectivity index is 2.73. The van der Waals surface area contributed by atoms with Gasteiger partial charge in [-0.3, -0.25) is 10.1 Å². The van der Waals surface area contributed by atoms with Crippen molar-refractivity contribution in [2.75, 3.05) is 13.6 Å². The lowest BCUT2D eigenvalue weighted by Crippen LogP contribution is -2.44. The van der Waals surface area contributed by atoms with E-state index in [0.29, 0.717) is 0 Å². The number of nitrogens with one attached hydrogen (secondary N) is 3. The third-order valence-corrected chi connectivity index (χ3v) is 3.57. The van der Waals surface area contributed by atoms with Crippen LogP contribution in [0, 0.1) is 0 Å². The van der Waals surface area contributed by atoms with Crippen LogP contribution in [0.3, 0.4) is 0 Å². The average Bonchev–Trinajstić information content (AvgIpc) is 2.50. The maximum atomic E-state index is 13.0. The van der Waals surface area contributed by atoms with Gasteiger partial charge in [-0.05, 0) is 24.5 Å². The molecule has 3 amide bonds. The van der Waals surface area contributed by atoms with Crippen molar-refractivity contribution in [3.05, 3.63) is 35.4 Å². The van der Waals surface area contributed by atoms with Gasteiger partial charge in [-0.15, -0.1) is 0 Å². The van der Waals surface area contributed by atoms with E-state index < -0.39 is 35.6 Å². The van der Waals surface area contributed by atoms with E-state index in [1.807, 2.05) is 0 Å². The summed E-state index contributed by atoms with van der Waals surface area (Å²) in [6.45, 7) is 3.16. The number of rotatable bonds is 5. The summed E-state index contributed by atoms with van der Waals surface area (Å²) < 4.78 is 39.1. The molecule has 1 aromatic rings. The van der Waals surface area contributed by atoms with E-state index in [1.54, 1.807) is 19.9 Å². The number of halogens is 3. The molecular weight excluding hydrogens is 311 g/mol. The fourth-order valence-corrected chi connectivity index (χ4v) is 2.09. The minimum Gasteiger partial charge on any atom is -0.341 e. The number of alkyl halides is 3. The number of carbonyl (C=O) groups is 2. The van der Waals surface area contributed by atoms with Crippen molar-refractivity contribution in [1.82, 2.24) is 16.0 Å². The summed E-state index contributed by atoms with van der Waals surface area (Å²) >= 11 is 0. The van der Waals surface area contributed by atoms with Crippen LogP contribution in [-0.4, -0.2) is 31.6 Å². The molecule has 5 nitrogen and oxygen atoms in total. The smallest absolute Gasteiger partial charge is 0.341 e. The molecule has 0 spiro atoms. The molecule has 0 aliphatic rings. The lowest BCUT2D eigenvalue weighted by Gasteiger charge is -2.24. The van der Waals surface area contributed by atoms with Crippen LogP contribution in [0.25, 0.3) is 0 Å². The zero-order valence-electron chi connectivity index (χ0n) is 13.1. The lowest BCUT2D eigenvalue weighted by atomic mass is 9.90. The van der Waals surface area contributed by atoms with Gasteiger partial charge in [0.05, 0.1) is 12.1 Å². The molecule has 0 heterocycles. The van der Waals surface area contributed by atoms with Crippen LogP contribution < -0.4 is 16.0 Å². The number of benzene rings is 1. The summed E-state index contributed by atoms with van der Waals surface area (Å²) in [6.07, 6.45) is -4.43. The Bertz CT molecular complexity index is 561. The van der Waals surface area contributed by atoms with Crippen molar-refractivity contribution < 1.29 is 22.8 Å². The van der Waals surface area contributed by atoms with E-state index in [9.17, 15) is 22.8 Å². The van der Waals surface area contributed by atoms with Gasteiger partial charge in [-0.25, -0.2) is 4.79 Å². The molecule has 0 saturated carbocycles. The van der Waals surface area contributed by atoms with Crippen molar-refractivity contribution in [2.45, 2.75) is 32.0 Å². The third-order valence-electron chi connectivity index (χ3n) is 3.57. The normalized spacial score (nSPS) is 14.0. The minimum absolute atomic E-state index is 0.159. The molecular formula is C15H20F3N3O2. The Morgan fingerprint density at radius 2 is 1.78 bits per heavy atom. The first-order chi connectivity index (χ1) is 10.7. The summed E-state index contributed by atoms with van der Waals surface area (Å²) in [7, 11) is 1.37. The van der Waals surface area contributed by atoms with Gasteiger partial charge in [-0.2, -0.15) is 13.2 Å². The predicted octanol–water partition coefficient (Wildman–Crippen LogP) is 2.24. The van der Waals surface area contributed by atoms with Crippen molar-refractivity contribution in [2.24, 2.45) is 0 Å². The van der Waals surface area contributed by atoms with Gasteiger partial charge >= 0.3 is 12.2 Å². The summed E-state index contributed by atoms with van der Waals surface area (Å²) in [4.78, 5) is 22.5. The van der Waals surface area contributed by atoms with Gasteiger partial charge in [0.2, 0.25) is 5.91 Å². The van der Waals surface area contributed by atoms with Gasteiger partial charge in [0.1, 0.15) is 0 Å². The van der Waals surface area contributed by atoms with E-state index in [0.717, 1.165) is 6.07 Å². The molecule has 0 aliphatic heterocycles. The highest BCUT2D eigenvalue weighted by atomic mass is 19.4. The quantitative estimate of drug-likeness (QED) is 0.775. The molecule has 128 valence electrons. The Kier molecular flexibility index (Phi) is 6.56. The summed E-state index contributed by atoms with van der Waals surface area (Å²) in [5.41, 5.74) is -0.525. The topological polar surface area (TPSA) is 70.2 Å². The Morgan fingerprint density at radius 3 is 2.35 bits per heavy atom. The molecule has 3 N–H and O–H groups in total. The maximum Gasteiger partial charge on any atom is 0.416 e. The monoisotopic (exact) mass is 331 g/mol. The highest BCUT2D eigenvalue weighted by Crippen LogP contribution is 2.35. The van der Waals surface area contributed by atoms with Crippen molar-refractivity contribution in [1.29, 1.82) is 0 Å². The highest BCUT2D eigenvalue weighted by Gasteiger charge is 2.34. The second-order valence-corrected chi connectivity index (χ2v) is 5.17. The fraction of sp³-hybridized carbons (Fsp3) is 0.467. The molecule has 1 aromatic carbocycles. The molecule has 23 heavy (non-hydrogen) atoms. The van der Waals surface area contributed by atoms with E-state index in [1.165, 1.54) is 19.2 Å². The van der Waals surface area contributed by atoms with Crippen molar-refractivity contribution in [3.8, 4) is 0 Å². The average molecular weight is 331 g/mol.